The maximum Gasteiger partial charge on any atom is 0.106 e. The lowest BCUT2D eigenvalue weighted by Gasteiger charge is -2.53. The third-order valence-corrected chi connectivity index (χ3v) is 5.12. The average molecular weight is 282 g/mol. The first-order valence-corrected chi connectivity index (χ1v) is 7.80. The SMILES string of the molecule is CN1CC2(CNC(CN3CCOC4(CNC4)C3)CO2)C1. The molecular formula is C14H26N4O2. The quantitative estimate of drug-likeness (QED) is 0.632. The van der Waals surface area contributed by atoms with Crippen molar-refractivity contribution in [1.29, 1.82) is 0 Å². The van der Waals surface area contributed by atoms with Gasteiger partial charge in [0.15, 0.2) is 0 Å². The third kappa shape index (κ3) is 2.38. The maximum atomic E-state index is 6.14. The Morgan fingerprint density at radius 3 is 2.55 bits per heavy atom. The molecule has 1 unspecified atom stereocenters. The van der Waals surface area contributed by atoms with Crippen molar-refractivity contribution in [1.82, 2.24) is 20.4 Å². The molecule has 4 fully saturated rings. The normalized spacial score (nSPS) is 36.8. The van der Waals surface area contributed by atoms with Crippen LogP contribution in [-0.2, 0) is 9.47 Å². The van der Waals surface area contributed by atoms with Crippen LogP contribution in [0.3, 0.4) is 0 Å². The first-order chi connectivity index (χ1) is 9.67. The zero-order chi connectivity index (χ0) is 13.6. The van der Waals surface area contributed by atoms with E-state index in [0.717, 1.165) is 65.6 Å². The van der Waals surface area contributed by atoms with E-state index in [9.17, 15) is 0 Å². The topological polar surface area (TPSA) is 49.0 Å². The van der Waals surface area contributed by atoms with E-state index >= 15 is 0 Å². The molecule has 4 saturated heterocycles. The van der Waals surface area contributed by atoms with Crippen LogP contribution in [0.1, 0.15) is 0 Å². The van der Waals surface area contributed by atoms with Crippen molar-refractivity contribution in [3.63, 3.8) is 0 Å². The monoisotopic (exact) mass is 282 g/mol. The highest BCUT2D eigenvalue weighted by Gasteiger charge is 2.46. The second kappa shape index (κ2) is 4.90. The molecule has 0 bridgehead atoms. The Balaban J connectivity index is 1.26. The number of rotatable bonds is 2. The zero-order valence-corrected chi connectivity index (χ0v) is 12.4. The molecule has 6 nitrogen and oxygen atoms in total. The van der Waals surface area contributed by atoms with Crippen molar-refractivity contribution < 1.29 is 9.47 Å². The van der Waals surface area contributed by atoms with Crippen LogP contribution >= 0.6 is 0 Å². The van der Waals surface area contributed by atoms with Crippen molar-refractivity contribution in [3.05, 3.63) is 0 Å². The van der Waals surface area contributed by atoms with Gasteiger partial charge in [-0.1, -0.05) is 0 Å². The minimum atomic E-state index is 0.103. The van der Waals surface area contributed by atoms with Crippen LogP contribution in [0.15, 0.2) is 0 Å². The van der Waals surface area contributed by atoms with E-state index in [1.165, 1.54) is 0 Å². The van der Waals surface area contributed by atoms with Gasteiger partial charge in [0.2, 0.25) is 0 Å². The van der Waals surface area contributed by atoms with Gasteiger partial charge in [0, 0.05) is 58.4 Å². The van der Waals surface area contributed by atoms with Gasteiger partial charge in [0.05, 0.1) is 13.2 Å². The van der Waals surface area contributed by atoms with E-state index in [2.05, 4.69) is 27.5 Å². The van der Waals surface area contributed by atoms with Crippen LogP contribution in [0, 0.1) is 0 Å². The molecule has 0 aromatic rings. The standard InChI is InChI=1S/C14H26N4O2/c1-17-9-14(10-17)8-16-12(5-20-14)4-18-2-3-19-13(11-18)6-15-7-13/h12,15-16H,2-11H2,1H3. The Hall–Kier alpha value is -0.240. The van der Waals surface area contributed by atoms with E-state index in [1.807, 2.05) is 0 Å². The number of morpholine rings is 2. The molecule has 0 aromatic heterocycles. The summed E-state index contributed by atoms with van der Waals surface area (Å²) in [4.78, 5) is 4.85. The Morgan fingerprint density at radius 2 is 1.95 bits per heavy atom. The zero-order valence-electron chi connectivity index (χ0n) is 12.4. The molecule has 114 valence electrons. The molecule has 4 aliphatic rings. The van der Waals surface area contributed by atoms with Crippen molar-refractivity contribution >= 4 is 0 Å². The van der Waals surface area contributed by atoms with Gasteiger partial charge in [-0.15, -0.1) is 0 Å². The lowest BCUT2D eigenvalue weighted by atomic mass is 9.92. The summed E-state index contributed by atoms with van der Waals surface area (Å²) >= 11 is 0. The second-order valence-corrected chi connectivity index (χ2v) is 7.11. The molecule has 4 aliphatic heterocycles. The minimum absolute atomic E-state index is 0.103. The number of hydrogen-bond donors (Lipinski definition) is 2. The molecule has 0 radical (unpaired) electrons. The number of nitrogens with zero attached hydrogens (tertiary/aromatic N) is 2. The predicted molar refractivity (Wildman–Crippen MR) is 76.0 cm³/mol. The second-order valence-electron chi connectivity index (χ2n) is 7.11. The van der Waals surface area contributed by atoms with Crippen molar-refractivity contribution in [3.8, 4) is 0 Å². The highest BCUT2D eigenvalue weighted by atomic mass is 16.5. The summed E-state index contributed by atoms with van der Waals surface area (Å²) in [7, 11) is 2.15. The molecule has 4 heterocycles. The Bertz CT molecular complexity index is 358. The van der Waals surface area contributed by atoms with Crippen LogP contribution in [0.4, 0.5) is 0 Å². The fourth-order valence-corrected chi connectivity index (χ4v) is 3.98. The highest BCUT2D eigenvalue weighted by molar-refractivity contribution is 5.02. The third-order valence-electron chi connectivity index (χ3n) is 5.12. The van der Waals surface area contributed by atoms with E-state index in [1.54, 1.807) is 0 Å². The Morgan fingerprint density at radius 1 is 1.10 bits per heavy atom. The summed E-state index contributed by atoms with van der Waals surface area (Å²) in [5, 5.41) is 7.02. The first-order valence-electron chi connectivity index (χ1n) is 7.80. The first kappa shape index (κ1) is 13.4. The minimum Gasteiger partial charge on any atom is -0.370 e. The highest BCUT2D eigenvalue weighted by Crippen LogP contribution is 2.27. The largest absolute Gasteiger partial charge is 0.370 e. The van der Waals surface area contributed by atoms with Crippen molar-refractivity contribution in [2.75, 3.05) is 72.6 Å². The van der Waals surface area contributed by atoms with Crippen LogP contribution in [0.2, 0.25) is 0 Å². The van der Waals surface area contributed by atoms with E-state index in [4.69, 9.17) is 9.47 Å². The molecule has 1 atom stereocenters. The number of ether oxygens (including phenoxy) is 2. The summed E-state index contributed by atoms with van der Waals surface area (Å²) in [6, 6.07) is 0.467. The number of nitrogens with one attached hydrogen (secondary N) is 2. The van der Waals surface area contributed by atoms with Crippen LogP contribution < -0.4 is 10.6 Å². The van der Waals surface area contributed by atoms with Crippen molar-refractivity contribution in [2.24, 2.45) is 0 Å². The number of likely N-dealkylation sites (N-methyl/N-ethyl adjacent to an activating group) is 1. The van der Waals surface area contributed by atoms with Crippen LogP contribution in [-0.4, -0.2) is 99.7 Å². The lowest BCUT2D eigenvalue weighted by Crippen LogP contribution is -2.72. The molecule has 6 heteroatoms. The average Bonchev–Trinajstić information content (AvgIpc) is 2.38. The van der Waals surface area contributed by atoms with Gasteiger partial charge in [-0.3, -0.25) is 4.90 Å². The van der Waals surface area contributed by atoms with Gasteiger partial charge in [-0.2, -0.15) is 0 Å². The van der Waals surface area contributed by atoms with Crippen LogP contribution in [0.25, 0.3) is 0 Å². The number of hydrogen-bond acceptors (Lipinski definition) is 6. The van der Waals surface area contributed by atoms with Crippen LogP contribution in [0.5, 0.6) is 0 Å². The number of likely N-dealkylation sites (tertiary alicyclic amines) is 1. The smallest absolute Gasteiger partial charge is 0.106 e. The molecule has 0 aliphatic carbocycles. The fraction of sp³-hybridized carbons (Fsp3) is 1.00. The molecule has 0 saturated carbocycles. The van der Waals surface area contributed by atoms with Gasteiger partial charge in [-0.25, -0.2) is 0 Å². The summed E-state index contributed by atoms with van der Waals surface area (Å²) in [5.74, 6) is 0. The van der Waals surface area contributed by atoms with E-state index in [-0.39, 0.29) is 11.2 Å². The van der Waals surface area contributed by atoms with Gasteiger partial charge in [-0.05, 0) is 7.05 Å². The molecular weight excluding hydrogens is 256 g/mol. The van der Waals surface area contributed by atoms with Crippen molar-refractivity contribution in [2.45, 2.75) is 17.2 Å². The lowest BCUT2D eigenvalue weighted by molar-refractivity contribution is -0.167. The van der Waals surface area contributed by atoms with Gasteiger partial charge in [0.25, 0.3) is 0 Å². The maximum absolute atomic E-state index is 6.14. The predicted octanol–water partition coefficient (Wildman–Crippen LogP) is -1.67. The molecule has 2 N–H and O–H groups in total. The summed E-state index contributed by atoms with van der Waals surface area (Å²) in [5.41, 5.74) is 0.209. The van der Waals surface area contributed by atoms with Gasteiger partial charge >= 0.3 is 0 Å². The van der Waals surface area contributed by atoms with Gasteiger partial charge in [0.1, 0.15) is 11.2 Å². The van der Waals surface area contributed by atoms with E-state index in [0.29, 0.717) is 6.04 Å². The summed E-state index contributed by atoms with van der Waals surface area (Å²) < 4.78 is 12.1. The molecule has 2 spiro atoms. The molecule has 0 amide bonds. The molecule has 4 rings (SSSR count). The molecule has 20 heavy (non-hydrogen) atoms. The van der Waals surface area contributed by atoms with E-state index < -0.39 is 0 Å². The Labute approximate surface area is 120 Å². The molecule has 0 aromatic carbocycles. The Kier molecular flexibility index (Phi) is 3.29. The summed E-state index contributed by atoms with van der Waals surface area (Å²) in [6.07, 6.45) is 0. The fourth-order valence-electron chi connectivity index (χ4n) is 3.98. The van der Waals surface area contributed by atoms with Gasteiger partial charge < -0.3 is 25.0 Å². The summed E-state index contributed by atoms with van der Waals surface area (Å²) in [6.45, 7) is 10.1.